The van der Waals surface area contributed by atoms with Crippen LogP contribution in [0.25, 0.3) is 44.6 Å². The SMILES string of the molecule is COC(=O)Nc1ccc(-c2cccc3cc(-c4nc5cc(C(=O)N6CCC[C@@H](CN)C6)cc(OC)c5n4C)n(CC4CC4)c23)cn1. The van der Waals surface area contributed by atoms with Gasteiger partial charge in [-0.3, -0.25) is 10.1 Å². The molecule has 46 heavy (non-hydrogen) atoms. The van der Waals surface area contributed by atoms with E-state index in [0.29, 0.717) is 47.6 Å². The summed E-state index contributed by atoms with van der Waals surface area (Å²) in [6.07, 6.45) is 5.61. The molecule has 5 aromatic rings. The molecule has 1 saturated heterocycles. The Hall–Kier alpha value is -4.90. The number of rotatable bonds is 8. The summed E-state index contributed by atoms with van der Waals surface area (Å²) in [4.78, 5) is 36.8. The van der Waals surface area contributed by atoms with Crippen LogP contribution in [0.3, 0.4) is 0 Å². The van der Waals surface area contributed by atoms with Crippen molar-refractivity contribution in [2.45, 2.75) is 32.2 Å². The number of fused-ring (bicyclic) bond motifs is 2. The van der Waals surface area contributed by atoms with Gasteiger partial charge in [0.05, 0.1) is 30.9 Å². The smallest absolute Gasteiger partial charge is 0.412 e. The number of carbonyl (C=O) groups is 2. The number of ether oxygens (including phenoxy) is 2. The first kappa shape index (κ1) is 29.8. The number of benzene rings is 2. The molecule has 1 saturated carbocycles. The summed E-state index contributed by atoms with van der Waals surface area (Å²) < 4.78 is 15.0. The summed E-state index contributed by atoms with van der Waals surface area (Å²) in [5, 5.41) is 3.71. The minimum absolute atomic E-state index is 0.0144. The topological polar surface area (TPSA) is 130 Å². The molecule has 0 radical (unpaired) electrons. The summed E-state index contributed by atoms with van der Waals surface area (Å²) in [6, 6.07) is 15.9. The Morgan fingerprint density at radius 2 is 1.89 bits per heavy atom. The molecule has 2 aliphatic rings. The maximum atomic E-state index is 13.7. The van der Waals surface area contributed by atoms with Gasteiger partial charge in [0.2, 0.25) is 0 Å². The number of pyridine rings is 1. The summed E-state index contributed by atoms with van der Waals surface area (Å²) in [7, 11) is 4.96. The molecule has 1 aliphatic heterocycles. The van der Waals surface area contributed by atoms with Crippen LogP contribution in [0.15, 0.2) is 54.7 Å². The van der Waals surface area contributed by atoms with E-state index in [1.165, 1.54) is 20.0 Å². The Kier molecular flexibility index (Phi) is 7.85. The molecule has 11 nitrogen and oxygen atoms in total. The van der Waals surface area contributed by atoms with E-state index in [9.17, 15) is 9.59 Å². The molecule has 0 bridgehead atoms. The van der Waals surface area contributed by atoms with Crippen molar-refractivity contribution >= 4 is 39.8 Å². The number of para-hydroxylation sites is 1. The molecule has 11 heteroatoms. The Balaban J connectivity index is 1.32. The van der Waals surface area contributed by atoms with Crippen molar-refractivity contribution in [1.82, 2.24) is 24.0 Å². The zero-order valence-electron chi connectivity index (χ0n) is 26.5. The Morgan fingerprint density at radius 3 is 2.61 bits per heavy atom. The highest BCUT2D eigenvalue weighted by atomic mass is 16.5. The van der Waals surface area contributed by atoms with Crippen molar-refractivity contribution in [2.75, 3.05) is 39.2 Å². The van der Waals surface area contributed by atoms with Crippen molar-refractivity contribution in [1.29, 1.82) is 0 Å². The Labute approximate surface area is 267 Å². The molecular weight excluding hydrogens is 582 g/mol. The minimum Gasteiger partial charge on any atom is -0.494 e. The molecule has 238 valence electrons. The van der Waals surface area contributed by atoms with Crippen molar-refractivity contribution in [2.24, 2.45) is 24.6 Å². The lowest BCUT2D eigenvalue weighted by molar-refractivity contribution is 0.0678. The maximum Gasteiger partial charge on any atom is 0.412 e. The minimum atomic E-state index is -0.562. The fourth-order valence-corrected chi connectivity index (χ4v) is 6.72. The second-order valence-electron chi connectivity index (χ2n) is 12.4. The predicted molar refractivity (Wildman–Crippen MR) is 178 cm³/mol. The monoisotopic (exact) mass is 621 g/mol. The lowest BCUT2D eigenvalue weighted by Crippen LogP contribution is -2.42. The van der Waals surface area contributed by atoms with Gasteiger partial charge in [0.1, 0.15) is 17.1 Å². The van der Waals surface area contributed by atoms with Gasteiger partial charge in [-0.25, -0.2) is 14.8 Å². The predicted octanol–water partition coefficient (Wildman–Crippen LogP) is 5.66. The Bertz CT molecular complexity index is 1940. The summed E-state index contributed by atoms with van der Waals surface area (Å²) in [5.41, 5.74) is 12.2. The van der Waals surface area contributed by atoms with E-state index in [2.05, 4.69) is 43.7 Å². The highest BCUT2D eigenvalue weighted by Crippen LogP contribution is 2.40. The van der Waals surface area contributed by atoms with E-state index in [1.807, 2.05) is 30.1 Å². The van der Waals surface area contributed by atoms with Gasteiger partial charge in [-0.05, 0) is 74.4 Å². The fraction of sp³-hybridized carbons (Fsp3) is 0.371. The van der Waals surface area contributed by atoms with Gasteiger partial charge >= 0.3 is 6.09 Å². The average molecular weight is 622 g/mol. The van der Waals surface area contributed by atoms with Gasteiger partial charge in [-0.2, -0.15) is 0 Å². The normalized spacial score (nSPS) is 16.6. The molecule has 7 rings (SSSR count). The zero-order chi connectivity index (χ0) is 31.9. The first-order valence-corrected chi connectivity index (χ1v) is 15.9. The number of methoxy groups -OCH3 is 2. The van der Waals surface area contributed by atoms with E-state index in [4.69, 9.17) is 20.2 Å². The quantitative estimate of drug-likeness (QED) is 0.229. The molecule has 4 heterocycles. The van der Waals surface area contributed by atoms with Crippen LogP contribution >= 0.6 is 0 Å². The van der Waals surface area contributed by atoms with Gasteiger partial charge in [0.25, 0.3) is 5.91 Å². The number of carbonyl (C=O) groups excluding carboxylic acids is 2. The third-order valence-corrected chi connectivity index (χ3v) is 9.32. The molecule has 1 aliphatic carbocycles. The molecule has 2 aromatic carbocycles. The molecule has 1 atom stereocenters. The highest BCUT2D eigenvalue weighted by Gasteiger charge is 2.29. The summed E-state index contributed by atoms with van der Waals surface area (Å²) >= 11 is 0. The molecule has 0 spiro atoms. The standard InChI is InChI=1S/C35H39N7O4/c1-40-32-27(14-25(16-29(32)45-2)34(43)41-13-5-6-22(17-36)19-41)38-33(40)28-15-23-7-4-8-26(31(23)42(28)20-21-9-10-21)24-11-12-30(37-18-24)39-35(44)46-3/h4,7-8,11-12,14-16,18,21-22H,5-6,9-10,13,17,19-20,36H2,1-3H3,(H,37,39,44)/t22-/m0/s1. The molecular formula is C35H39N7O4. The molecule has 3 N–H and O–H groups in total. The van der Waals surface area contributed by atoms with Crippen LogP contribution in [-0.2, 0) is 18.3 Å². The number of nitrogens with zero attached hydrogens (tertiary/aromatic N) is 5. The largest absolute Gasteiger partial charge is 0.494 e. The van der Waals surface area contributed by atoms with E-state index < -0.39 is 6.09 Å². The number of nitrogens with two attached hydrogens (primary N) is 1. The Morgan fingerprint density at radius 1 is 1.04 bits per heavy atom. The number of hydrogen-bond donors (Lipinski definition) is 2. The van der Waals surface area contributed by atoms with E-state index in [1.54, 1.807) is 19.4 Å². The van der Waals surface area contributed by atoms with Crippen molar-refractivity contribution in [3.63, 3.8) is 0 Å². The molecule has 2 fully saturated rings. The zero-order valence-corrected chi connectivity index (χ0v) is 26.5. The van der Waals surface area contributed by atoms with Crippen LogP contribution in [-0.4, -0.2) is 69.9 Å². The third-order valence-electron chi connectivity index (χ3n) is 9.32. The van der Waals surface area contributed by atoms with Crippen LogP contribution < -0.4 is 15.8 Å². The van der Waals surface area contributed by atoms with E-state index in [0.717, 1.165) is 65.0 Å². The second-order valence-corrected chi connectivity index (χ2v) is 12.4. The lowest BCUT2D eigenvalue weighted by atomic mass is 9.97. The van der Waals surface area contributed by atoms with Gasteiger partial charge in [0.15, 0.2) is 5.82 Å². The van der Waals surface area contributed by atoms with Crippen LogP contribution in [0, 0.1) is 11.8 Å². The van der Waals surface area contributed by atoms with Crippen LogP contribution in [0.4, 0.5) is 10.6 Å². The third kappa shape index (κ3) is 5.44. The van der Waals surface area contributed by atoms with E-state index >= 15 is 0 Å². The highest BCUT2D eigenvalue weighted by molar-refractivity contribution is 6.01. The number of aryl methyl sites for hydroxylation is 1. The number of anilines is 1. The maximum absolute atomic E-state index is 13.7. The molecule has 3 aromatic heterocycles. The number of imidazole rings is 1. The van der Waals surface area contributed by atoms with Gasteiger partial charge in [0, 0.05) is 55.0 Å². The number of likely N-dealkylation sites (tertiary alicyclic amines) is 1. The van der Waals surface area contributed by atoms with Crippen molar-refractivity contribution < 1.29 is 19.1 Å². The fourth-order valence-electron chi connectivity index (χ4n) is 6.72. The second kappa shape index (κ2) is 12.1. The van der Waals surface area contributed by atoms with Crippen molar-refractivity contribution in [3.05, 3.63) is 60.3 Å². The number of nitrogens with one attached hydrogen (secondary N) is 1. The molecule has 0 unspecified atom stereocenters. The van der Waals surface area contributed by atoms with E-state index in [-0.39, 0.29) is 5.91 Å². The average Bonchev–Trinajstić information content (AvgIpc) is 3.76. The van der Waals surface area contributed by atoms with Crippen LogP contribution in [0.1, 0.15) is 36.0 Å². The van der Waals surface area contributed by atoms with Gasteiger partial charge in [-0.1, -0.05) is 18.2 Å². The van der Waals surface area contributed by atoms with Gasteiger partial charge < -0.3 is 29.2 Å². The van der Waals surface area contributed by atoms with Crippen molar-refractivity contribution in [3.8, 4) is 28.4 Å². The summed E-state index contributed by atoms with van der Waals surface area (Å²) in [5.74, 6) is 2.75. The number of hydrogen-bond acceptors (Lipinski definition) is 7. The van der Waals surface area contributed by atoms with Crippen LogP contribution in [0.2, 0.25) is 0 Å². The van der Waals surface area contributed by atoms with Crippen LogP contribution in [0.5, 0.6) is 5.75 Å². The number of aromatic nitrogens is 4. The summed E-state index contributed by atoms with van der Waals surface area (Å²) in [6.45, 7) is 2.85. The lowest BCUT2D eigenvalue weighted by Gasteiger charge is -2.32. The number of piperidine rings is 1. The molecule has 2 amide bonds. The van der Waals surface area contributed by atoms with Gasteiger partial charge in [-0.15, -0.1) is 0 Å². The first-order chi connectivity index (χ1) is 22.4. The first-order valence-electron chi connectivity index (χ1n) is 15.9. The number of amides is 2.